The average Bonchev–Trinajstić information content (AvgIpc) is 2.62. The molecular weight excluding hydrogens is 286 g/mol. The van der Waals surface area contributed by atoms with Crippen LogP contribution in [0, 0.1) is 0 Å². The first-order valence-electron chi connectivity index (χ1n) is 8.33. The fraction of sp³-hybridized carbons (Fsp3) is 0.421. The third-order valence-electron chi connectivity index (χ3n) is 4.88. The largest absolute Gasteiger partial charge is 0.388 e. The Morgan fingerprint density at radius 1 is 1.17 bits per heavy atom. The summed E-state index contributed by atoms with van der Waals surface area (Å²) in [6, 6.07) is 12.7. The highest BCUT2D eigenvalue weighted by molar-refractivity contribution is 5.50. The van der Waals surface area contributed by atoms with Gasteiger partial charge in [-0.3, -0.25) is 4.98 Å². The summed E-state index contributed by atoms with van der Waals surface area (Å²) in [6.45, 7) is 0.854. The highest BCUT2D eigenvalue weighted by atomic mass is 16.3. The number of benzene rings is 1. The predicted molar refractivity (Wildman–Crippen MR) is 93.2 cm³/mol. The van der Waals surface area contributed by atoms with Crippen LogP contribution in [-0.2, 0) is 12.1 Å². The second-order valence-electron chi connectivity index (χ2n) is 6.34. The predicted octanol–water partition coefficient (Wildman–Crippen LogP) is 3.04. The molecule has 2 aromatic rings. The second-order valence-corrected chi connectivity index (χ2v) is 6.34. The molecule has 0 spiro atoms. The summed E-state index contributed by atoms with van der Waals surface area (Å²) in [4.78, 5) is 4.14. The lowest BCUT2D eigenvalue weighted by molar-refractivity contribution is -0.00875. The van der Waals surface area contributed by atoms with E-state index in [1.807, 2.05) is 25.2 Å². The van der Waals surface area contributed by atoms with Crippen LogP contribution in [0.4, 0.5) is 5.69 Å². The van der Waals surface area contributed by atoms with Gasteiger partial charge in [-0.25, -0.2) is 0 Å². The molecule has 1 aromatic heterocycles. The zero-order chi connectivity index (χ0) is 16.1. The number of nitrogens with zero attached hydrogens (tertiary/aromatic N) is 1. The van der Waals surface area contributed by atoms with Crippen molar-refractivity contribution in [2.45, 2.75) is 43.9 Å². The molecule has 4 nitrogen and oxygen atoms in total. The van der Waals surface area contributed by atoms with E-state index in [0.717, 1.165) is 37.8 Å². The minimum absolute atomic E-state index is 0.455. The molecule has 0 atom stereocenters. The molecule has 1 saturated carbocycles. The van der Waals surface area contributed by atoms with Gasteiger partial charge in [0.1, 0.15) is 0 Å². The molecule has 1 aliphatic carbocycles. The van der Waals surface area contributed by atoms with Crippen LogP contribution >= 0.6 is 0 Å². The molecule has 122 valence electrons. The smallest absolute Gasteiger partial charge is 0.0912 e. The van der Waals surface area contributed by atoms with E-state index < -0.39 is 5.60 Å². The Morgan fingerprint density at radius 3 is 2.65 bits per heavy atom. The number of para-hydroxylation sites is 1. The van der Waals surface area contributed by atoms with Gasteiger partial charge in [0.25, 0.3) is 0 Å². The summed E-state index contributed by atoms with van der Waals surface area (Å²) in [5.74, 6) is 0. The van der Waals surface area contributed by atoms with Gasteiger partial charge in [0.2, 0.25) is 0 Å². The van der Waals surface area contributed by atoms with Gasteiger partial charge in [-0.15, -0.1) is 0 Å². The summed E-state index contributed by atoms with van der Waals surface area (Å²) in [7, 11) is 1.95. The fourth-order valence-corrected chi connectivity index (χ4v) is 3.40. The third-order valence-corrected chi connectivity index (χ3v) is 4.88. The maximum absolute atomic E-state index is 10.9. The van der Waals surface area contributed by atoms with Crippen molar-refractivity contribution in [3.05, 3.63) is 59.9 Å². The second kappa shape index (κ2) is 7.11. The number of aliphatic hydroxyl groups is 1. The van der Waals surface area contributed by atoms with E-state index >= 15 is 0 Å². The van der Waals surface area contributed by atoms with Crippen LogP contribution in [0.25, 0.3) is 0 Å². The van der Waals surface area contributed by atoms with Crippen molar-refractivity contribution < 1.29 is 5.11 Å². The monoisotopic (exact) mass is 311 g/mol. The number of hydrogen-bond acceptors (Lipinski definition) is 4. The average molecular weight is 311 g/mol. The molecule has 3 rings (SSSR count). The van der Waals surface area contributed by atoms with Gasteiger partial charge < -0.3 is 15.7 Å². The van der Waals surface area contributed by atoms with Gasteiger partial charge in [-0.1, -0.05) is 24.3 Å². The van der Waals surface area contributed by atoms with E-state index in [1.165, 1.54) is 11.3 Å². The third kappa shape index (κ3) is 3.71. The molecule has 0 aliphatic heterocycles. The molecule has 0 bridgehead atoms. The highest BCUT2D eigenvalue weighted by Gasteiger charge is 2.34. The summed E-state index contributed by atoms with van der Waals surface area (Å²) in [5, 5.41) is 17.7. The Hall–Kier alpha value is -1.91. The first-order valence-corrected chi connectivity index (χ1v) is 8.33. The number of hydrogen-bond donors (Lipinski definition) is 3. The minimum Gasteiger partial charge on any atom is -0.388 e. The molecule has 1 aromatic carbocycles. The lowest BCUT2D eigenvalue weighted by Crippen LogP contribution is -2.39. The minimum atomic E-state index is -0.713. The number of rotatable bonds is 5. The van der Waals surface area contributed by atoms with Crippen LogP contribution in [0.2, 0.25) is 0 Å². The Morgan fingerprint density at radius 2 is 1.96 bits per heavy atom. The summed E-state index contributed by atoms with van der Waals surface area (Å²) >= 11 is 0. The number of anilines is 1. The molecule has 3 N–H and O–H groups in total. The number of aromatic nitrogens is 1. The van der Waals surface area contributed by atoms with E-state index in [9.17, 15) is 5.11 Å². The number of nitrogens with one attached hydrogen (secondary N) is 2. The maximum Gasteiger partial charge on any atom is 0.0912 e. The van der Waals surface area contributed by atoms with Gasteiger partial charge in [-0.05, 0) is 43.4 Å². The highest BCUT2D eigenvalue weighted by Crippen LogP contribution is 2.36. The lowest BCUT2D eigenvalue weighted by Gasteiger charge is -2.36. The van der Waals surface area contributed by atoms with Crippen molar-refractivity contribution in [1.82, 2.24) is 10.3 Å². The van der Waals surface area contributed by atoms with Crippen molar-refractivity contribution in [3.63, 3.8) is 0 Å². The Labute approximate surface area is 138 Å². The topological polar surface area (TPSA) is 57.2 Å². The molecule has 0 amide bonds. The van der Waals surface area contributed by atoms with Crippen LogP contribution in [0.1, 0.15) is 36.8 Å². The van der Waals surface area contributed by atoms with Crippen molar-refractivity contribution in [3.8, 4) is 0 Å². The van der Waals surface area contributed by atoms with Gasteiger partial charge in [0.15, 0.2) is 0 Å². The van der Waals surface area contributed by atoms with E-state index in [1.54, 1.807) is 12.4 Å². The van der Waals surface area contributed by atoms with Crippen LogP contribution < -0.4 is 10.6 Å². The fourth-order valence-electron chi connectivity index (χ4n) is 3.40. The van der Waals surface area contributed by atoms with Gasteiger partial charge in [-0.2, -0.15) is 0 Å². The Bertz CT molecular complexity index is 622. The molecular formula is C19H25N3O. The van der Waals surface area contributed by atoms with E-state index in [4.69, 9.17) is 0 Å². The maximum atomic E-state index is 10.9. The molecule has 1 aliphatic rings. The zero-order valence-corrected chi connectivity index (χ0v) is 13.6. The van der Waals surface area contributed by atoms with Crippen molar-refractivity contribution >= 4 is 5.69 Å². The van der Waals surface area contributed by atoms with Crippen LogP contribution in [0.5, 0.6) is 0 Å². The first-order chi connectivity index (χ1) is 11.2. The summed E-state index contributed by atoms with van der Waals surface area (Å²) in [5.41, 5.74) is 2.68. The molecule has 0 radical (unpaired) electrons. The van der Waals surface area contributed by atoms with Crippen molar-refractivity contribution in [2.24, 2.45) is 0 Å². The summed E-state index contributed by atoms with van der Waals surface area (Å²) < 4.78 is 0. The normalized spacial score (nSPS) is 24.3. The molecule has 0 unspecified atom stereocenters. The molecule has 23 heavy (non-hydrogen) atoms. The quantitative estimate of drug-likeness (QED) is 0.794. The van der Waals surface area contributed by atoms with Gasteiger partial charge >= 0.3 is 0 Å². The standard InChI is InChI=1S/C19H25N3O/c1-20-18-7-3-2-5-15(18)13-22-17-8-10-19(23,11-9-17)16-6-4-12-21-14-16/h2-7,12,14,17,20,22-23H,8-11,13H2,1H3. The molecule has 1 heterocycles. The number of pyridine rings is 1. The van der Waals surface area contributed by atoms with E-state index in [2.05, 4.69) is 33.8 Å². The van der Waals surface area contributed by atoms with E-state index in [-0.39, 0.29) is 0 Å². The van der Waals surface area contributed by atoms with Crippen molar-refractivity contribution in [2.75, 3.05) is 12.4 Å². The van der Waals surface area contributed by atoms with Gasteiger partial charge in [0.05, 0.1) is 5.60 Å². The lowest BCUT2D eigenvalue weighted by atomic mass is 9.78. The Kier molecular flexibility index (Phi) is 4.94. The van der Waals surface area contributed by atoms with Gasteiger partial charge in [0, 0.05) is 43.3 Å². The zero-order valence-electron chi connectivity index (χ0n) is 13.6. The first kappa shape index (κ1) is 16.0. The molecule has 4 heteroatoms. The molecule has 1 fully saturated rings. The van der Waals surface area contributed by atoms with E-state index in [0.29, 0.717) is 6.04 Å². The van der Waals surface area contributed by atoms with Crippen LogP contribution in [0.3, 0.4) is 0 Å². The SMILES string of the molecule is CNc1ccccc1CNC1CCC(O)(c2cccnc2)CC1. The molecule has 0 saturated heterocycles. The Balaban J connectivity index is 1.55. The summed E-state index contributed by atoms with van der Waals surface area (Å²) in [6.07, 6.45) is 7.06. The van der Waals surface area contributed by atoms with Crippen molar-refractivity contribution in [1.29, 1.82) is 0 Å². The van der Waals surface area contributed by atoms with Crippen LogP contribution in [-0.4, -0.2) is 23.2 Å². The van der Waals surface area contributed by atoms with Crippen LogP contribution in [0.15, 0.2) is 48.8 Å².